The minimum absolute atomic E-state index is 0.0771. The molecule has 0 aliphatic carbocycles. The summed E-state index contributed by atoms with van der Waals surface area (Å²) in [6, 6.07) is 10.0. The molecule has 0 bridgehead atoms. The van der Waals surface area contributed by atoms with E-state index in [-0.39, 0.29) is 18.5 Å². The van der Waals surface area contributed by atoms with Gasteiger partial charge in [-0.1, -0.05) is 32.1 Å². The van der Waals surface area contributed by atoms with Gasteiger partial charge in [0.1, 0.15) is 12.4 Å². The van der Waals surface area contributed by atoms with Crippen LogP contribution >= 0.6 is 11.3 Å². The molecule has 3 rings (SSSR count). The number of rotatable bonds is 11. The van der Waals surface area contributed by atoms with E-state index < -0.39 is 5.60 Å². The van der Waals surface area contributed by atoms with E-state index in [1.165, 1.54) is 10.4 Å². The highest BCUT2D eigenvalue weighted by Gasteiger charge is 2.33. The van der Waals surface area contributed by atoms with Gasteiger partial charge in [-0.2, -0.15) is 0 Å². The van der Waals surface area contributed by atoms with Crippen LogP contribution in [0.15, 0.2) is 48.4 Å². The largest absolute Gasteiger partial charge is 0.491 e. The van der Waals surface area contributed by atoms with Crippen LogP contribution in [0.25, 0.3) is 0 Å². The average molecular weight is 471 g/mol. The first-order valence-electron chi connectivity index (χ1n) is 11.8. The zero-order valence-corrected chi connectivity index (χ0v) is 21.2. The molecular weight excluding hydrogens is 432 g/mol. The molecule has 1 amide bonds. The molecule has 5 nitrogen and oxygen atoms in total. The molecule has 1 aromatic heterocycles. The van der Waals surface area contributed by atoms with Crippen molar-refractivity contribution < 1.29 is 14.6 Å². The molecule has 2 heterocycles. The van der Waals surface area contributed by atoms with Gasteiger partial charge in [0.15, 0.2) is 0 Å². The summed E-state index contributed by atoms with van der Waals surface area (Å²) < 4.78 is 6.16. The molecule has 1 aliphatic rings. The summed E-state index contributed by atoms with van der Waals surface area (Å²) >= 11 is 1.75. The fourth-order valence-corrected chi connectivity index (χ4v) is 5.14. The highest BCUT2D eigenvalue weighted by Crippen LogP contribution is 2.34. The lowest BCUT2D eigenvalue weighted by Crippen LogP contribution is -2.49. The lowest BCUT2D eigenvalue weighted by molar-refractivity contribution is -0.136. The fraction of sp³-hybridized carbons (Fsp3) is 0.519. The van der Waals surface area contributed by atoms with Crippen LogP contribution in [0.4, 0.5) is 0 Å². The molecular formula is C27H38N2O3S. The van der Waals surface area contributed by atoms with Crippen molar-refractivity contribution in [2.24, 2.45) is 5.92 Å². The Hall–Kier alpha value is -2.15. The quantitative estimate of drug-likeness (QED) is 0.477. The number of nitrogens with zero attached hydrogens (tertiary/aromatic N) is 2. The van der Waals surface area contributed by atoms with Crippen molar-refractivity contribution in [2.75, 3.05) is 32.8 Å². The number of carbonyl (C=O) groups excluding carboxylic acids is 1. The maximum Gasteiger partial charge on any atom is 0.237 e. The molecule has 0 fully saturated rings. The number of benzene rings is 1. The van der Waals surface area contributed by atoms with Crippen molar-refractivity contribution in [3.63, 3.8) is 0 Å². The number of aryl methyl sites for hydroxylation is 1. The van der Waals surface area contributed by atoms with Gasteiger partial charge < -0.3 is 14.7 Å². The van der Waals surface area contributed by atoms with Crippen molar-refractivity contribution >= 4 is 17.2 Å². The van der Waals surface area contributed by atoms with Gasteiger partial charge in [-0.25, -0.2) is 0 Å². The summed E-state index contributed by atoms with van der Waals surface area (Å²) in [5, 5.41) is 12.7. The second-order valence-corrected chi connectivity index (χ2v) is 10.7. The van der Waals surface area contributed by atoms with Crippen LogP contribution < -0.4 is 4.74 Å². The van der Waals surface area contributed by atoms with Crippen LogP contribution in [0.2, 0.25) is 0 Å². The van der Waals surface area contributed by atoms with Crippen LogP contribution in [0, 0.1) is 12.8 Å². The predicted octanol–water partition coefficient (Wildman–Crippen LogP) is 4.85. The van der Waals surface area contributed by atoms with Gasteiger partial charge in [-0.05, 0) is 73.9 Å². The second kappa shape index (κ2) is 11.3. The summed E-state index contributed by atoms with van der Waals surface area (Å²) in [6.07, 6.45) is 3.39. The molecule has 0 radical (unpaired) electrons. The molecule has 0 saturated carbocycles. The molecule has 0 unspecified atom stereocenters. The molecule has 6 heteroatoms. The average Bonchev–Trinajstić information content (AvgIpc) is 3.24. The third kappa shape index (κ3) is 7.16. The molecule has 2 aromatic rings. The topological polar surface area (TPSA) is 53.0 Å². The summed E-state index contributed by atoms with van der Waals surface area (Å²) in [7, 11) is 0. The first kappa shape index (κ1) is 25.5. The number of carbonyl (C=O) groups is 1. The minimum Gasteiger partial charge on any atom is -0.491 e. The van der Waals surface area contributed by atoms with Gasteiger partial charge in [-0.3, -0.25) is 9.69 Å². The van der Waals surface area contributed by atoms with Crippen LogP contribution in [-0.4, -0.2) is 59.2 Å². The highest BCUT2D eigenvalue weighted by atomic mass is 32.1. The molecule has 2 atom stereocenters. The second-order valence-electron chi connectivity index (χ2n) is 9.73. The van der Waals surface area contributed by atoms with E-state index in [1.807, 2.05) is 36.1 Å². The number of fused-ring (bicyclic) bond motifs is 1. The molecule has 0 saturated heterocycles. The van der Waals surface area contributed by atoms with Crippen LogP contribution in [-0.2, 0) is 11.2 Å². The number of hydrogen-bond acceptors (Lipinski definition) is 5. The molecule has 1 N–H and O–H groups in total. The summed E-state index contributed by atoms with van der Waals surface area (Å²) in [4.78, 5) is 18.9. The highest BCUT2D eigenvalue weighted by molar-refractivity contribution is 7.10. The Balaban J connectivity index is 1.75. The van der Waals surface area contributed by atoms with Gasteiger partial charge in [0.2, 0.25) is 5.91 Å². The maximum atomic E-state index is 13.6. The Morgan fingerprint density at radius 1 is 1.42 bits per heavy atom. The van der Waals surface area contributed by atoms with Crippen molar-refractivity contribution in [3.8, 4) is 5.75 Å². The molecule has 1 aromatic carbocycles. The van der Waals surface area contributed by atoms with Gasteiger partial charge >= 0.3 is 0 Å². The van der Waals surface area contributed by atoms with Gasteiger partial charge in [-0.15, -0.1) is 17.9 Å². The first-order valence-corrected chi connectivity index (χ1v) is 12.7. The monoisotopic (exact) mass is 470 g/mol. The predicted molar refractivity (Wildman–Crippen MR) is 136 cm³/mol. The number of hydrogen-bond donors (Lipinski definition) is 1. The Morgan fingerprint density at radius 2 is 2.21 bits per heavy atom. The third-order valence-electron chi connectivity index (χ3n) is 6.18. The fourth-order valence-electron chi connectivity index (χ4n) is 4.21. The molecule has 0 spiro atoms. The lowest BCUT2D eigenvalue weighted by Gasteiger charge is -2.38. The zero-order chi connectivity index (χ0) is 24.0. The van der Waals surface area contributed by atoms with Crippen molar-refractivity contribution in [1.29, 1.82) is 0 Å². The third-order valence-corrected chi connectivity index (χ3v) is 7.17. The Labute approximate surface area is 202 Å². The van der Waals surface area contributed by atoms with E-state index in [9.17, 15) is 9.90 Å². The summed E-state index contributed by atoms with van der Waals surface area (Å²) in [5.74, 6) is 1.42. The maximum absolute atomic E-state index is 13.6. The zero-order valence-electron chi connectivity index (χ0n) is 20.4. The Kier molecular flexibility index (Phi) is 8.74. The Bertz CT molecular complexity index is 937. The van der Waals surface area contributed by atoms with Crippen LogP contribution in [0.3, 0.4) is 0 Å². The van der Waals surface area contributed by atoms with Crippen molar-refractivity contribution in [2.45, 2.75) is 52.2 Å². The summed E-state index contributed by atoms with van der Waals surface area (Å²) in [6.45, 7) is 14.4. The lowest BCUT2D eigenvalue weighted by atomic mass is 10.00. The molecule has 1 aliphatic heterocycles. The van der Waals surface area contributed by atoms with Crippen LogP contribution in [0.5, 0.6) is 5.75 Å². The van der Waals surface area contributed by atoms with Crippen molar-refractivity contribution in [1.82, 2.24) is 9.80 Å². The minimum atomic E-state index is -1.03. The van der Waals surface area contributed by atoms with Gasteiger partial charge in [0, 0.05) is 18.0 Å². The van der Waals surface area contributed by atoms with E-state index in [1.54, 1.807) is 24.3 Å². The molecule has 33 heavy (non-hydrogen) atoms. The SMILES string of the molecule is C=C[C@](C)(O)CN(CCC(C)C)CC(=O)N1CCc2sccc2[C@H]1COc1cccc(C)c1. The standard InChI is InChI=1S/C27H38N2O3S/c1-6-27(5,31)19-28(13-10-20(2)3)17-26(30)29-14-11-25-23(12-15-33-25)24(29)18-32-22-9-7-8-21(4)16-22/h6-9,12,15-16,20,24,31H,1,10-11,13-14,17-19H2,2-5H3/t24-,27+/m1/s1. The first-order chi connectivity index (χ1) is 15.7. The number of amides is 1. The van der Waals surface area contributed by atoms with E-state index in [0.29, 0.717) is 25.6 Å². The van der Waals surface area contributed by atoms with Gasteiger partial charge in [0.25, 0.3) is 0 Å². The Morgan fingerprint density at radius 3 is 2.91 bits per heavy atom. The number of ether oxygens (including phenoxy) is 1. The smallest absolute Gasteiger partial charge is 0.237 e. The number of thiophene rings is 1. The van der Waals surface area contributed by atoms with Gasteiger partial charge in [0.05, 0.1) is 18.2 Å². The van der Waals surface area contributed by atoms with Crippen LogP contribution in [0.1, 0.15) is 49.2 Å². The van der Waals surface area contributed by atoms with E-state index >= 15 is 0 Å². The van der Waals surface area contributed by atoms with E-state index in [4.69, 9.17) is 4.74 Å². The van der Waals surface area contributed by atoms with E-state index in [2.05, 4.69) is 36.8 Å². The number of aliphatic hydroxyl groups is 1. The van der Waals surface area contributed by atoms with E-state index in [0.717, 1.165) is 30.7 Å². The summed E-state index contributed by atoms with van der Waals surface area (Å²) in [5.41, 5.74) is 1.31. The molecule has 180 valence electrons. The normalized spacial score (nSPS) is 17.7. The van der Waals surface area contributed by atoms with Crippen molar-refractivity contribution in [3.05, 3.63) is 64.4 Å².